The maximum absolute atomic E-state index is 5.79. The zero-order valence-corrected chi connectivity index (χ0v) is 63.8. The zero-order valence-electron chi connectivity index (χ0n) is 63.8. The Balaban J connectivity index is 0.645. The summed E-state index contributed by atoms with van der Waals surface area (Å²) in [6.07, 6.45) is 0. The van der Waals surface area contributed by atoms with Gasteiger partial charge in [-0.3, -0.25) is 0 Å². The first-order chi connectivity index (χ1) is 58.5. The number of nitrogens with zero attached hydrogens (tertiary/aromatic N) is 8. The molecule has 548 valence electrons. The van der Waals surface area contributed by atoms with Crippen molar-refractivity contribution in [3.63, 3.8) is 0 Å². The van der Waals surface area contributed by atoms with Crippen molar-refractivity contribution in [1.82, 2.24) is 37.4 Å². The van der Waals surface area contributed by atoms with E-state index in [0.717, 1.165) is 117 Å². The van der Waals surface area contributed by atoms with Crippen molar-refractivity contribution in [2.45, 2.75) is 0 Å². The van der Waals surface area contributed by atoms with Crippen molar-refractivity contribution in [3.8, 4) is 90.2 Å². The highest BCUT2D eigenvalue weighted by atomic mass is 15.0. The minimum absolute atomic E-state index is 0.641. The Labute approximate surface area is 677 Å². The quantitative estimate of drug-likeness (QED) is 0.130. The van der Waals surface area contributed by atoms with Crippen molar-refractivity contribution in [1.29, 1.82) is 0 Å². The molecule has 0 unspecified atom stereocenters. The number of benzene rings is 18. The van der Waals surface area contributed by atoms with Crippen LogP contribution in [-0.2, 0) is 0 Å². The molecule has 8 heteroatoms. The van der Waals surface area contributed by atoms with Crippen molar-refractivity contribution < 1.29 is 0 Å². The third-order valence-electron chi connectivity index (χ3n) is 24.8. The van der Waals surface area contributed by atoms with Gasteiger partial charge >= 0.3 is 0 Å². The molecule has 0 fully saturated rings. The van der Waals surface area contributed by atoms with Crippen molar-refractivity contribution >= 4 is 142 Å². The average Bonchev–Trinajstić information content (AvgIpc) is 1.59. The van der Waals surface area contributed by atoms with Crippen molar-refractivity contribution in [3.05, 3.63) is 413 Å². The molecule has 8 nitrogen and oxygen atoms in total. The van der Waals surface area contributed by atoms with E-state index in [4.69, 9.17) is 9.97 Å². The number of para-hydroxylation sites is 10. The topological polar surface area (TPSA) is 55.4 Å². The Morgan fingerprint density at radius 3 is 0.661 bits per heavy atom. The van der Waals surface area contributed by atoms with Gasteiger partial charge < -0.3 is 27.4 Å². The summed E-state index contributed by atoms with van der Waals surface area (Å²) in [7, 11) is 0. The molecule has 0 atom stereocenters. The van der Waals surface area contributed by atoms with E-state index in [1.165, 1.54) is 109 Å². The second kappa shape index (κ2) is 25.8. The highest BCUT2D eigenvalue weighted by molar-refractivity contribution is 6.17. The normalized spacial score (nSPS) is 12.1. The first kappa shape index (κ1) is 65.6. The van der Waals surface area contributed by atoms with Crippen LogP contribution in [0.1, 0.15) is 0 Å². The van der Waals surface area contributed by atoms with Crippen LogP contribution in [0.5, 0.6) is 0 Å². The van der Waals surface area contributed by atoms with Crippen molar-refractivity contribution in [2.75, 3.05) is 0 Å². The van der Waals surface area contributed by atoms with E-state index in [1.54, 1.807) is 0 Å². The average molecular weight is 1500 g/mol. The van der Waals surface area contributed by atoms with Gasteiger partial charge in [0, 0.05) is 115 Å². The standard InChI is InChI=1S/C110H68N8/c1-4-24-77(25-5-1)113-97-38-18-11-30-83(97)90-62-70(46-54-103(90)113)73-49-57-106-93(65-73)86-33-14-21-41-100(86)116(106)80-52-44-69(45-53-80)110-111-96-37-17-10-36-89(96)109(112-110)76-60-81(117-101-42-22-15-34-87(101)94-66-74(50-58-107(94)117)71-47-55-104-91(63-71)84-31-12-19-39-98(84)114(104)78-26-6-2-7-27-78)68-82(61-76)118-102-43-23-16-35-88(102)95-67-75(51-59-108(95)118)72-48-56-105-92(64-72)85-32-13-20-40-99(85)115(105)79-28-8-3-9-29-79/h1-68H. The summed E-state index contributed by atoms with van der Waals surface area (Å²) >= 11 is 0. The number of hydrogen-bond acceptors (Lipinski definition) is 2. The Bertz CT molecular complexity index is 8190. The Hall–Kier alpha value is -15.9. The molecule has 0 radical (unpaired) electrons. The molecule has 0 saturated heterocycles. The van der Waals surface area contributed by atoms with Crippen LogP contribution in [0, 0.1) is 0 Å². The van der Waals surface area contributed by atoms with Crippen LogP contribution in [0.3, 0.4) is 0 Å². The molecule has 7 aromatic heterocycles. The summed E-state index contributed by atoms with van der Waals surface area (Å²) in [4.78, 5) is 11.2. The van der Waals surface area contributed by atoms with Crippen LogP contribution in [0.25, 0.3) is 232 Å². The molecule has 118 heavy (non-hydrogen) atoms. The van der Waals surface area contributed by atoms with E-state index in [9.17, 15) is 0 Å². The molecule has 25 rings (SSSR count). The first-order valence-corrected chi connectivity index (χ1v) is 40.4. The van der Waals surface area contributed by atoms with Crippen LogP contribution >= 0.6 is 0 Å². The van der Waals surface area contributed by atoms with Gasteiger partial charge in [-0.25, -0.2) is 9.97 Å². The molecule has 0 aliphatic rings. The number of aromatic nitrogens is 8. The molecule has 0 spiro atoms. The van der Waals surface area contributed by atoms with Crippen LogP contribution in [-0.4, -0.2) is 37.4 Å². The molecule has 7 heterocycles. The molecular weight excluding hydrogens is 1430 g/mol. The third-order valence-corrected chi connectivity index (χ3v) is 24.8. The molecule has 0 aliphatic carbocycles. The van der Waals surface area contributed by atoms with E-state index >= 15 is 0 Å². The number of hydrogen-bond donors (Lipinski definition) is 0. The van der Waals surface area contributed by atoms with Gasteiger partial charge in [0.1, 0.15) is 0 Å². The van der Waals surface area contributed by atoms with Gasteiger partial charge in [0.25, 0.3) is 0 Å². The van der Waals surface area contributed by atoms with E-state index in [2.05, 4.69) is 440 Å². The predicted octanol–water partition coefficient (Wildman–Crippen LogP) is 28.5. The monoisotopic (exact) mass is 1500 g/mol. The lowest BCUT2D eigenvalue weighted by atomic mass is 10.0. The summed E-state index contributed by atoms with van der Waals surface area (Å²) in [5.74, 6) is 0.641. The minimum Gasteiger partial charge on any atom is -0.309 e. The van der Waals surface area contributed by atoms with Crippen LogP contribution in [0.15, 0.2) is 413 Å². The molecule has 25 aromatic rings. The van der Waals surface area contributed by atoms with Gasteiger partial charge in [0.05, 0.1) is 77.4 Å². The summed E-state index contributed by atoms with van der Waals surface area (Å²) < 4.78 is 14.5. The largest absolute Gasteiger partial charge is 0.309 e. The molecule has 0 N–H and O–H groups in total. The minimum atomic E-state index is 0.641. The van der Waals surface area contributed by atoms with Crippen molar-refractivity contribution in [2.24, 2.45) is 0 Å². The van der Waals surface area contributed by atoms with E-state index < -0.39 is 0 Å². The number of fused-ring (bicyclic) bond motifs is 19. The number of rotatable bonds is 11. The third kappa shape index (κ3) is 10.0. The van der Waals surface area contributed by atoms with E-state index in [0.29, 0.717) is 5.82 Å². The lowest BCUT2D eigenvalue weighted by molar-refractivity contribution is 1.13. The SMILES string of the molecule is c1ccc(-n2c3ccccc3c3cc(-c4ccc5c(c4)c4ccccc4n5-c4ccc(-c5nc(-c6cc(-n7c8ccccc8c8cc(-c9ccc%10c(c9)c9ccccc9n%10-c9ccccc9)ccc87)cc(-n7c8ccccc8c8cc(-c9ccc%10c(c9)c9ccccc9n%10-c9ccccc9)ccc87)c6)c6ccccc6n5)cc4)ccc32)cc1. The molecule has 0 amide bonds. The summed E-state index contributed by atoms with van der Waals surface area (Å²) in [5, 5.41) is 15.4. The first-order valence-electron chi connectivity index (χ1n) is 40.4. The maximum Gasteiger partial charge on any atom is 0.160 e. The Morgan fingerprint density at radius 1 is 0.136 bits per heavy atom. The second-order valence-corrected chi connectivity index (χ2v) is 31.2. The lowest BCUT2D eigenvalue weighted by Crippen LogP contribution is -2.02. The van der Waals surface area contributed by atoms with Gasteiger partial charge in [-0.15, -0.1) is 0 Å². The zero-order chi connectivity index (χ0) is 77.2. The fraction of sp³-hybridized carbons (Fsp3) is 0. The molecule has 0 bridgehead atoms. The fourth-order valence-electron chi connectivity index (χ4n) is 19.5. The smallest absolute Gasteiger partial charge is 0.160 e. The maximum atomic E-state index is 5.79. The van der Waals surface area contributed by atoms with Gasteiger partial charge in [-0.1, -0.05) is 218 Å². The molecular formula is C110H68N8. The predicted molar refractivity (Wildman–Crippen MR) is 493 cm³/mol. The summed E-state index contributed by atoms with van der Waals surface area (Å²) in [5.41, 5.74) is 30.8. The van der Waals surface area contributed by atoms with Gasteiger partial charge in [-0.2, -0.15) is 0 Å². The Morgan fingerprint density at radius 2 is 0.364 bits per heavy atom. The van der Waals surface area contributed by atoms with Gasteiger partial charge in [-0.05, 0) is 228 Å². The second-order valence-electron chi connectivity index (χ2n) is 31.2. The summed E-state index contributed by atoms with van der Waals surface area (Å²) in [6.45, 7) is 0. The summed E-state index contributed by atoms with van der Waals surface area (Å²) in [6, 6.07) is 151. The fourth-order valence-corrected chi connectivity index (χ4v) is 19.5. The lowest BCUT2D eigenvalue weighted by Gasteiger charge is -2.17. The van der Waals surface area contributed by atoms with Crippen LogP contribution < -0.4 is 0 Å². The molecule has 18 aromatic carbocycles. The molecule has 0 saturated carbocycles. The van der Waals surface area contributed by atoms with E-state index in [-0.39, 0.29) is 0 Å². The highest BCUT2D eigenvalue weighted by Gasteiger charge is 2.25. The van der Waals surface area contributed by atoms with Crippen LogP contribution in [0.4, 0.5) is 0 Å². The van der Waals surface area contributed by atoms with Gasteiger partial charge in [0.15, 0.2) is 5.82 Å². The van der Waals surface area contributed by atoms with E-state index in [1.807, 2.05) is 0 Å². The Kier molecular flexibility index (Phi) is 14.4. The molecule has 0 aliphatic heterocycles. The highest BCUT2D eigenvalue weighted by Crippen LogP contribution is 2.46. The van der Waals surface area contributed by atoms with Gasteiger partial charge in [0.2, 0.25) is 0 Å². The van der Waals surface area contributed by atoms with Crippen LogP contribution in [0.2, 0.25) is 0 Å².